The summed E-state index contributed by atoms with van der Waals surface area (Å²) in [6, 6.07) is 3.73. The highest BCUT2D eigenvalue weighted by atomic mass is 16.3. The fourth-order valence-electron chi connectivity index (χ4n) is 2.43. The Bertz CT molecular complexity index is 345. The zero-order chi connectivity index (χ0) is 11.5. The van der Waals surface area contributed by atoms with Crippen LogP contribution in [0.25, 0.3) is 0 Å². The van der Waals surface area contributed by atoms with Crippen LogP contribution < -0.4 is 5.32 Å². The van der Waals surface area contributed by atoms with Crippen molar-refractivity contribution >= 4 is 5.91 Å². The average molecular weight is 221 g/mol. The van der Waals surface area contributed by atoms with E-state index in [1.54, 1.807) is 12.1 Å². The Balaban J connectivity index is 1.96. The lowest BCUT2D eigenvalue weighted by atomic mass is 9.78. The number of amides is 1. The number of carbonyl (C=O) groups is 1. The largest absolute Gasteiger partial charge is 0.459 e. The summed E-state index contributed by atoms with van der Waals surface area (Å²) in [4.78, 5) is 11.8. The van der Waals surface area contributed by atoms with Gasteiger partial charge >= 0.3 is 0 Å². The standard InChI is InChI=1S/C13H19NO2/c1-9-5-3-6-11(10(9)2)14-13(15)12-7-4-8-16-12/h4,7-11H,3,5-6H2,1-2H3,(H,14,15)/t9-,10+,11-/m1/s1. The Morgan fingerprint density at radius 3 is 2.94 bits per heavy atom. The van der Waals surface area contributed by atoms with Crippen molar-refractivity contribution in [1.82, 2.24) is 5.32 Å². The van der Waals surface area contributed by atoms with Gasteiger partial charge in [0.25, 0.3) is 5.91 Å². The summed E-state index contributed by atoms with van der Waals surface area (Å²) >= 11 is 0. The van der Waals surface area contributed by atoms with Crippen LogP contribution in [-0.2, 0) is 0 Å². The summed E-state index contributed by atoms with van der Waals surface area (Å²) in [6.07, 6.45) is 5.09. The van der Waals surface area contributed by atoms with E-state index in [4.69, 9.17) is 4.42 Å². The summed E-state index contributed by atoms with van der Waals surface area (Å²) in [5.41, 5.74) is 0. The van der Waals surface area contributed by atoms with Crippen molar-refractivity contribution < 1.29 is 9.21 Å². The van der Waals surface area contributed by atoms with Gasteiger partial charge in [-0.2, -0.15) is 0 Å². The molecular weight excluding hydrogens is 202 g/mol. The molecule has 1 aromatic rings. The Morgan fingerprint density at radius 2 is 2.25 bits per heavy atom. The third kappa shape index (κ3) is 2.29. The molecule has 0 saturated heterocycles. The summed E-state index contributed by atoms with van der Waals surface area (Å²) in [5.74, 6) is 1.56. The topological polar surface area (TPSA) is 42.2 Å². The molecule has 3 heteroatoms. The summed E-state index contributed by atoms with van der Waals surface area (Å²) in [6.45, 7) is 4.48. The fraction of sp³-hybridized carbons (Fsp3) is 0.615. The van der Waals surface area contributed by atoms with E-state index < -0.39 is 0 Å². The van der Waals surface area contributed by atoms with E-state index in [2.05, 4.69) is 19.2 Å². The Labute approximate surface area is 96.2 Å². The minimum Gasteiger partial charge on any atom is -0.459 e. The first kappa shape index (κ1) is 11.2. The lowest BCUT2D eigenvalue weighted by Gasteiger charge is -2.34. The Kier molecular flexibility index (Phi) is 3.32. The van der Waals surface area contributed by atoms with Crippen molar-refractivity contribution in [3.63, 3.8) is 0 Å². The van der Waals surface area contributed by atoms with E-state index in [9.17, 15) is 4.79 Å². The molecule has 1 aliphatic rings. The molecule has 16 heavy (non-hydrogen) atoms. The molecule has 0 radical (unpaired) electrons. The first-order valence-corrected chi connectivity index (χ1v) is 6.03. The van der Waals surface area contributed by atoms with E-state index >= 15 is 0 Å². The lowest BCUT2D eigenvalue weighted by Crippen LogP contribution is -2.43. The normalized spacial score (nSPS) is 30.0. The van der Waals surface area contributed by atoms with Gasteiger partial charge in [-0.05, 0) is 30.4 Å². The molecule has 1 aromatic heterocycles. The zero-order valence-electron chi connectivity index (χ0n) is 9.90. The zero-order valence-corrected chi connectivity index (χ0v) is 9.90. The summed E-state index contributed by atoms with van der Waals surface area (Å²) in [5, 5.41) is 3.07. The lowest BCUT2D eigenvalue weighted by molar-refractivity contribution is 0.0863. The first-order valence-electron chi connectivity index (χ1n) is 6.03. The molecule has 0 aliphatic heterocycles. The van der Waals surface area contributed by atoms with Gasteiger partial charge in [0.05, 0.1) is 6.26 Å². The van der Waals surface area contributed by atoms with Crippen LogP contribution in [0.4, 0.5) is 0 Å². The maximum absolute atomic E-state index is 11.8. The van der Waals surface area contributed by atoms with E-state index in [-0.39, 0.29) is 5.91 Å². The second kappa shape index (κ2) is 4.73. The van der Waals surface area contributed by atoms with E-state index in [1.165, 1.54) is 19.1 Å². The Hall–Kier alpha value is -1.25. The molecule has 3 nitrogen and oxygen atoms in total. The minimum atomic E-state index is -0.0871. The van der Waals surface area contributed by atoms with E-state index in [0.29, 0.717) is 23.6 Å². The Morgan fingerprint density at radius 1 is 1.44 bits per heavy atom. The van der Waals surface area contributed by atoms with Crippen molar-refractivity contribution in [2.24, 2.45) is 11.8 Å². The molecule has 1 amide bonds. The van der Waals surface area contributed by atoms with Crippen LogP contribution in [0.3, 0.4) is 0 Å². The van der Waals surface area contributed by atoms with Gasteiger partial charge in [0, 0.05) is 6.04 Å². The number of nitrogens with one attached hydrogen (secondary N) is 1. The maximum Gasteiger partial charge on any atom is 0.287 e. The van der Waals surface area contributed by atoms with E-state index in [0.717, 1.165) is 6.42 Å². The number of furan rings is 1. The third-order valence-corrected chi connectivity index (χ3v) is 3.77. The maximum atomic E-state index is 11.8. The van der Waals surface area contributed by atoms with Crippen LogP contribution in [0.1, 0.15) is 43.7 Å². The van der Waals surface area contributed by atoms with Gasteiger partial charge < -0.3 is 9.73 Å². The smallest absolute Gasteiger partial charge is 0.287 e. The third-order valence-electron chi connectivity index (χ3n) is 3.77. The van der Waals surface area contributed by atoms with Crippen molar-refractivity contribution in [2.75, 3.05) is 0 Å². The molecule has 0 bridgehead atoms. The van der Waals surface area contributed by atoms with Crippen LogP contribution in [0, 0.1) is 11.8 Å². The molecule has 0 aromatic carbocycles. The molecule has 1 heterocycles. The average Bonchev–Trinajstić information content (AvgIpc) is 2.78. The van der Waals surface area contributed by atoms with Crippen molar-refractivity contribution in [2.45, 2.75) is 39.2 Å². The molecule has 1 fully saturated rings. The van der Waals surface area contributed by atoms with Crippen LogP contribution in [-0.4, -0.2) is 11.9 Å². The second-order valence-electron chi connectivity index (χ2n) is 4.82. The number of carbonyl (C=O) groups excluding carboxylic acids is 1. The molecule has 0 unspecified atom stereocenters. The second-order valence-corrected chi connectivity index (χ2v) is 4.82. The van der Waals surface area contributed by atoms with Crippen LogP contribution in [0.15, 0.2) is 22.8 Å². The number of hydrogen-bond donors (Lipinski definition) is 1. The predicted octanol–water partition coefficient (Wildman–Crippen LogP) is 2.83. The van der Waals surface area contributed by atoms with Gasteiger partial charge in [0.2, 0.25) is 0 Å². The highest BCUT2D eigenvalue weighted by Crippen LogP contribution is 2.29. The molecule has 1 saturated carbocycles. The fourth-order valence-corrected chi connectivity index (χ4v) is 2.43. The van der Waals surface area contributed by atoms with Crippen LogP contribution in [0.5, 0.6) is 0 Å². The SMILES string of the molecule is C[C@H]1[C@H](C)CCC[C@H]1NC(=O)c1ccco1. The minimum absolute atomic E-state index is 0.0871. The van der Waals surface area contributed by atoms with Crippen molar-refractivity contribution in [3.05, 3.63) is 24.2 Å². The summed E-state index contributed by atoms with van der Waals surface area (Å²) < 4.78 is 5.09. The van der Waals surface area contributed by atoms with Gasteiger partial charge in [0.15, 0.2) is 5.76 Å². The van der Waals surface area contributed by atoms with Gasteiger partial charge in [-0.1, -0.05) is 26.7 Å². The first-order chi connectivity index (χ1) is 7.68. The van der Waals surface area contributed by atoms with E-state index in [1.807, 2.05) is 0 Å². The van der Waals surface area contributed by atoms with Crippen LogP contribution >= 0.6 is 0 Å². The molecular formula is C13H19NO2. The van der Waals surface area contributed by atoms with Gasteiger partial charge in [0.1, 0.15) is 0 Å². The van der Waals surface area contributed by atoms with Crippen LogP contribution in [0.2, 0.25) is 0 Å². The number of hydrogen-bond acceptors (Lipinski definition) is 2. The highest BCUT2D eigenvalue weighted by molar-refractivity contribution is 5.91. The van der Waals surface area contributed by atoms with Gasteiger partial charge in [-0.15, -0.1) is 0 Å². The molecule has 2 rings (SSSR count). The molecule has 0 spiro atoms. The number of rotatable bonds is 2. The highest BCUT2D eigenvalue weighted by Gasteiger charge is 2.28. The monoisotopic (exact) mass is 221 g/mol. The quantitative estimate of drug-likeness (QED) is 0.834. The molecule has 3 atom stereocenters. The van der Waals surface area contributed by atoms with Crippen molar-refractivity contribution in [1.29, 1.82) is 0 Å². The van der Waals surface area contributed by atoms with Gasteiger partial charge in [-0.25, -0.2) is 0 Å². The predicted molar refractivity (Wildman–Crippen MR) is 62.1 cm³/mol. The van der Waals surface area contributed by atoms with Gasteiger partial charge in [-0.3, -0.25) is 4.79 Å². The summed E-state index contributed by atoms with van der Waals surface area (Å²) in [7, 11) is 0. The van der Waals surface area contributed by atoms with Crippen molar-refractivity contribution in [3.8, 4) is 0 Å². The molecule has 1 aliphatic carbocycles. The molecule has 88 valence electrons. The molecule has 1 N–H and O–H groups in total.